The van der Waals surface area contributed by atoms with E-state index in [-0.39, 0.29) is 5.56 Å². The lowest BCUT2D eigenvalue weighted by molar-refractivity contribution is 0.305. The molecule has 0 saturated heterocycles. The zero-order valence-electron chi connectivity index (χ0n) is 18.6. The van der Waals surface area contributed by atoms with Gasteiger partial charge in [0.25, 0.3) is 5.56 Å². The molecule has 0 radical (unpaired) electrons. The van der Waals surface area contributed by atoms with Crippen LogP contribution >= 0.6 is 11.3 Å². The molecular formula is C25H23N5O2S. The molecule has 0 bridgehead atoms. The number of thiazole rings is 1. The number of aromatic nitrogens is 5. The fourth-order valence-corrected chi connectivity index (χ4v) is 4.46. The van der Waals surface area contributed by atoms with E-state index in [9.17, 15) is 4.79 Å². The van der Waals surface area contributed by atoms with Crippen LogP contribution in [0.4, 0.5) is 0 Å². The Labute approximate surface area is 195 Å². The zero-order valence-corrected chi connectivity index (χ0v) is 19.5. The fourth-order valence-electron chi connectivity index (χ4n) is 3.77. The molecule has 166 valence electrons. The van der Waals surface area contributed by atoms with Gasteiger partial charge in [-0.2, -0.15) is 5.10 Å². The van der Waals surface area contributed by atoms with Crippen LogP contribution in [0.3, 0.4) is 0 Å². The van der Waals surface area contributed by atoms with Crippen LogP contribution in [-0.4, -0.2) is 24.3 Å². The van der Waals surface area contributed by atoms with Gasteiger partial charge in [-0.25, -0.2) is 14.6 Å². The van der Waals surface area contributed by atoms with Crippen molar-refractivity contribution in [2.45, 2.75) is 33.9 Å². The van der Waals surface area contributed by atoms with Crippen molar-refractivity contribution >= 4 is 22.4 Å². The van der Waals surface area contributed by atoms with Gasteiger partial charge in [0.15, 0.2) is 5.65 Å². The highest BCUT2D eigenvalue weighted by Crippen LogP contribution is 2.18. The van der Waals surface area contributed by atoms with E-state index in [1.165, 1.54) is 16.9 Å². The maximum atomic E-state index is 13.1. The summed E-state index contributed by atoms with van der Waals surface area (Å²) in [5.74, 6) is 0.809. The predicted octanol–water partition coefficient (Wildman–Crippen LogP) is 4.59. The minimum absolute atomic E-state index is 0.138. The van der Waals surface area contributed by atoms with Crippen molar-refractivity contribution in [3.05, 3.63) is 98.1 Å². The van der Waals surface area contributed by atoms with Gasteiger partial charge in [-0.1, -0.05) is 23.8 Å². The molecule has 2 aromatic carbocycles. The number of hydrogen-bond acceptors (Lipinski definition) is 6. The number of aryl methyl sites for hydroxylation is 3. The lowest BCUT2D eigenvalue weighted by Gasteiger charge is -2.07. The lowest BCUT2D eigenvalue weighted by Crippen LogP contribution is -2.21. The van der Waals surface area contributed by atoms with Crippen LogP contribution in [0.5, 0.6) is 5.75 Å². The normalized spacial score (nSPS) is 11.2. The van der Waals surface area contributed by atoms with Crippen LogP contribution in [0.2, 0.25) is 0 Å². The number of ether oxygens (including phenoxy) is 1. The van der Waals surface area contributed by atoms with Crippen molar-refractivity contribution in [3.63, 3.8) is 0 Å². The molecule has 33 heavy (non-hydrogen) atoms. The molecule has 0 fully saturated rings. The van der Waals surface area contributed by atoms with E-state index < -0.39 is 0 Å². The van der Waals surface area contributed by atoms with Gasteiger partial charge in [-0.05, 0) is 56.2 Å². The molecule has 0 aliphatic heterocycles. The molecule has 0 spiro atoms. The molecule has 8 heteroatoms. The number of fused-ring (bicyclic) bond motifs is 1. The molecule has 0 unspecified atom stereocenters. The average molecular weight is 458 g/mol. The quantitative estimate of drug-likeness (QED) is 0.373. The van der Waals surface area contributed by atoms with Crippen LogP contribution in [0.25, 0.3) is 16.7 Å². The second-order valence-electron chi connectivity index (χ2n) is 8.15. The van der Waals surface area contributed by atoms with E-state index >= 15 is 0 Å². The molecule has 0 amide bonds. The third-order valence-corrected chi connectivity index (χ3v) is 6.19. The first-order valence-corrected chi connectivity index (χ1v) is 11.5. The van der Waals surface area contributed by atoms with E-state index in [4.69, 9.17) is 4.74 Å². The highest BCUT2D eigenvalue weighted by molar-refractivity contribution is 7.09. The summed E-state index contributed by atoms with van der Waals surface area (Å²) in [6.07, 6.45) is 3.15. The molecule has 0 aliphatic carbocycles. The van der Waals surface area contributed by atoms with Crippen molar-refractivity contribution < 1.29 is 4.74 Å². The van der Waals surface area contributed by atoms with Crippen LogP contribution in [-0.2, 0) is 13.2 Å². The molecule has 5 aromatic rings. The van der Waals surface area contributed by atoms with Crippen LogP contribution < -0.4 is 10.3 Å². The Kier molecular flexibility index (Phi) is 5.51. The van der Waals surface area contributed by atoms with E-state index in [0.717, 1.165) is 33.3 Å². The fraction of sp³-hybridized carbons (Fsp3) is 0.200. The standard InChI is InChI=1S/C25H23N5O2S/c1-16-4-6-21(7-5-16)32-13-23-28-19(14-33-23)12-29-15-26-24-22(25(29)31)11-27-30(24)20-9-17(2)8-18(3)10-20/h4-11,14-15H,12-13H2,1-3H3. The van der Waals surface area contributed by atoms with Gasteiger partial charge in [0.1, 0.15) is 29.1 Å². The molecule has 5 rings (SSSR count). The molecule has 3 heterocycles. The smallest absolute Gasteiger partial charge is 0.264 e. The van der Waals surface area contributed by atoms with E-state index in [0.29, 0.717) is 24.2 Å². The maximum absolute atomic E-state index is 13.1. The second-order valence-corrected chi connectivity index (χ2v) is 9.09. The first kappa shape index (κ1) is 21.1. The lowest BCUT2D eigenvalue weighted by atomic mass is 10.1. The van der Waals surface area contributed by atoms with Gasteiger partial charge in [-0.15, -0.1) is 11.3 Å². The first-order valence-electron chi connectivity index (χ1n) is 10.6. The van der Waals surface area contributed by atoms with Gasteiger partial charge in [-0.3, -0.25) is 9.36 Å². The van der Waals surface area contributed by atoms with E-state index in [1.807, 2.05) is 62.5 Å². The summed E-state index contributed by atoms with van der Waals surface area (Å²) in [5.41, 5.74) is 5.56. The highest BCUT2D eigenvalue weighted by atomic mass is 32.1. The van der Waals surface area contributed by atoms with Crippen LogP contribution in [0, 0.1) is 20.8 Å². The number of nitrogens with zero attached hydrogens (tertiary/aromatic N) is 5. The largest absolute Gasteiger partial charge is 0.486 e. The minimum Gasteiger partial charge on any atom is -0.486 e. The van der Waals surface area contributed by atoms with Crippen molar-refractivity contribution in [2.75, 3.05) is 0 Å². The third kappa shape index (κ3) is 4.42. The summed E-state index contributed by atoms with van der Waals surface area (Å²) in [6.45, 7) is 6.85. The third-order valence-electron chi connectivity index (χ3n) is 5.32. The molecule has 7 nitrogen and oxygen atoms in total. The Balaban J connectivity index is 1.35. The maximum Gasteiger partial charge on any atom is 0.264 e. The summed E-state index contributed by atoms with van der Waals surface area (Å²) < 4.78 is 9.09. The number of rotatable bonds is 6. The molecule has 0 saturated carbocycles. The predicted molar refractivity (Wildman–Crippen MR) is 129 cm³/mol. The average Bonchev–Trinajstić information content (AvgIpc) is 3.42. The molecule has 0 N–H and O–H groups in total. The van der Waals surface area contributed by atoms with Gasteiger partial charge < -0.3 is 4.74 Å². The molecule has 3 aromatic heterocycles. The topological polar surface area (TPSA) is 74.8 Å². The Morgan fingerprint density at radius 1 is 1.00 bits per heavy atom. The van der Waals surface area contributed by atoms with Gasteiger partial charge in [0, 0.05) is 5.38 Å². The Morgan fingerprint density at radius 3 is 2.52 bits per heavy atom. The SMILES string of the molecule is Cc1ccc(OCc2nc(Cn3cnc4c(cnn4-c4cc(C)cc(C)c4)c3=O)cs2)cc1. The molecule has 0 aliphatic rings. The van der Waals surface area contributed by atoms with Gasteiger partial charge in [0.2, 0.25) is 0 Å². The van der Waals surface area contributed by atoms with Crippen molar-refractivity contribution in [1.82, 2.24) is 24.3 Å². The van der Waals surface area contributed by atoms with Crippen LogP contribution in [0.15, 0.2) is 65.2 Å². The highest BCUT2D eigenvalue weighted by Gasteiger charge is 2.13. The van der Waals surface area contributed by atoms with E-state index in [2.05, 4.69) is 21.1 Å². The van der Waals surface area contributed by atoms with Crippen molar-refractivity contribution in [3.8, 4) is 11.4 Å². The monoisotopic (exact) mass is 457 g/mol. The first-order chi connectivity index (χ1) is 16.0. The van der Waals surface area contributed by atoms with Crippen molar-refractivity contribution in [1.29, 1.82) is 0 Å². The van der Waals surface area contributed by atoms with Crippen LogP contribution in [0.1, 0.15) is 27.4 Å². The summed E-state index contributed by atoms with van der Waals surface area (Å²) in [5, 5.41) is 7.72. The minimum atomic E-state index is -0.138. The summed E-state index contributed by atoms with van der Waals surface area (Å²) >= 11 is 1.52. The second kappa shape index (κ2) is 8.63. The number of benzene rings is 2. The van der Waals surface area contributed by atoms with E-state index in [1.54, 1.807) is 21.8 Å². The summed E-state index contributed by atoms with van der Waals surface area (Å²) in [6, 6.07) is 14.1. The molecular weight excluding hydrogens is 434 g/mol. The number of hydrogen-bond donors (Lipinski definition) is 0. The molecule has 0 atom stereocenters. The van der Waals surface area contributed by atoms with Gasteiger partial charge in [0.05, 0.1) is 24.1 Å². The van der Waals surface area contributed by atoms with Crippen molar-refractivity contribution in [2.24, 2.45) is 0 Å². The zero-order chi connectivity index (χ0) is 22.9. The Hall–Kier alpha value is -3.78. The summed E-state index contributed by atoms with van der Waals surface area (Å²) in [7, 11) is 0. The summed E-state index contributed by atoms with van der Waals surface area (Å²) in [4.78, 5) is 22.2. The Morgan fingerprint density at radius 2 is 1.76 bits per heavy atom. The van der Waals surface area contributed by atoms with Gasteiger partial charge >= 0.3 is 0 Å². The Bertz CT molecular complexity index is 1480.